The van der Waals surface area contributed by atoms with Gasteiger partial charge in [0.15, 0.2) is 0 Å². The number of rotatable bonds is 3. The third-order valence-electron chi connectivity index (χ3n) is 3.25. The molecule has 1 saturated carbocycles. The lowest BCUT2D eigenvalue weighted by atomic mass is 10.2. The average Bonchev–Trinajstić information content (AvgIpc) is 2.79. The van der Waals surface area contributed by atoms with Crippen molar-refractivity contribution < 1.29 is 9.18 Å². The van der Waals surface area contributed by atoms with Crippen molar-refractivity contribution in [2.24, 2.45) is 0 Å². The molecule has 0 saturated heterocycles. The second-order valence-electron chi connectivity index (χ2n) is 4.41. The zero-order valence-electron chi connectivity index (χ0n) is 10.1. The molecule has 18 heavy (non-hydrogen) atoms. The third-order valence-corrected chi connectivity index (χ3v) is 5.03. The molecule has 0 bridgehead atoms. The number of carbonyl (C=O) groups excluding carboxylic acids is 1. The molecule has 0 spiro atoms. The molecule has 2 atom stereocenters. The van der Waals surface area contributed by atoms with Crippen LogP contribution in [0.25, 0.3) is 0 Å². The molecule has 5 heteroatoms. The summed E-state index contributed by atoms with van der Waals surface area (Å²) < 4.78 is 13.4. The smallest absolute Gasteiger partial charge is 0.251 e. The zero-order chi connectivity index (χ0) is 13.1. The number of halogens is 2. The molecule has 0 aliphatic heterocycles. The molecule has 2 rings (SSSR count). The van der Waals surface area contributed by atoms with Crippen molar-refractivity contribution in [3.8, 4) is 0 Å². The molecule has 0 aromatic heterocycles. The maximum Gasteiger partial charge on any atom is 0.251 e. The Hall–Kier alpha value is -0.550. The molecule has 1 aromatic carbocycles. The average molecular weight is 332 g/mol. The van der Waals surface area contributed by atoms with Crippen molar-refractivity contribution in [1.29, 1.82) is 0 Å². The van der Waals surface area contributed by atoms with E-state index in [0.29, 0.717) is 15.3 Å². The van der Waals surface area contributed by atoms with E-state index < -0.39 is 0 Å². The maximum absolute atomic E-state index is 13.1. The summed E-state index contributed by atoms with van der Waals surface area (Å²) >= 11 is 4.89. The molecule has 1 fully saturated rings. The second kappa shape index (κ2) is 6.06. The fourth-order valence-corrected chi connectivity index (χ4v) is 3.58. The lowest BCUT2D eigenvalue weighted by Crippen LogP contribution is -2.38. The molecule has 0 radical (unpaired) electrons. The normalized spacial score (nSPS) is 23.1. The Labute approximate surface area is 119 Å². The second-order valence-corrected chi connectivity index (χ2v) is 6.35. The van der Waals surface area contributed by atoms with Gasteiger partial charge in [-0.15, -0.1) is 0 Å². The topological polar surface area (TPSA) is 29.1 Å². The summed E-state index contributed by atoms with van der Waals surface area (Å²) in [4.78, 5) is 12.1. The van der Waals surface area contributed by atoms with Crippen molar-refractivity contribution in [2.45, 2.75) is 30.6 Å². The van der Waals surface area contributed by atoms with Gasteiger partial charge in [-0.05, 0) is 53.2 Å². The molecule has 2 unspecified atom stereocenters. The SMILES string of the molecule is CSC1CCCC1NC(=O)c1ccc(F)c(Br)c1. The Morgan fingerprint density at radius 2 is 2.28 bits per heavy atom. The van der Waals surface area contributed by atoms with E-state index in [1.54, 1.807) is 11.8 Å². The van der Waals surface area contributed by atoms with Gasteiger partial charge in [0.1, 0.15) is 5.82 Å². The first kappa shape index (κ1) is 13.9. The van der Waals surface area contributed by atoms with E-state index in [2.05, 4.69) is 27.5 Å². The van der Waals surface area contributed by atoms with Crippen LogP contribution in [0.15, 0.2) is 22.7 Å². The van der Waals surface area contributed by atoms with Gasteiger partial charge in [0, 0.05) is 16.9 Å². The van der Waals surface area contributed by atoms with Crippen LogP contribution >= 0.6 is 27.7 Å². The Kier molecular flexibility index (Phi) is 4.67. The highest BCUT2D eigenvalue weighted by Gasteiger charge is 2.28. The summed E-state index contributed by atoms with van der Waals surface area (Å²) in [7, 11) is 0. The fraction of sp³-hybridized carbons (Fsp3) is 0.462. The number of carbonyl (C=O) groups is 1. The van der Waals surface area contributed by atoms with Gasteiger partial charge in [-0.3, -0.25) is 4.79 Å². The first-order valence-electron chi connectivity index (χ1n) is 5.90. The molecule has 2 nitrogen and oxygen atoms in total. The Balaban J connectivity index is 2.05. The minimum Gasteiger partial charge on any atom is -0.348 e. The van der Waals surface area contributed by atoms with Crippen LogP contribution < -0.4 is 5.32 Å². The first-order valence-corrected chi connectivity index (χ1v) is 7.98. The summed E-state index contributed by atoms with van der Waals surface area (Å²) in [6.07, 6.45) is 5.41. The van der Waals surface area contributed by atoms with E-state index in [4.69, 9.17) is 0 Å². The minimum atomic E-state index is -0.352. The van der Waals surface area contributed by atoms with Crippen LogP contribution in [0.2, 0.25) is 0 Å². The number of thioether (sulfide) groups is 1. The van der Waals surface area contributed by atoms with E-state index in [0.717, 1.165) is 19.3 Å². The van der Waals surface area contributed by atoms with Crippen LogP contribution in [0.3, 0.4) is 0 Å². The number of hydrogen-bond acceptors (Lipinski definition) is 2. The molecular weight excluding hydrogens is 317 g/mol. The number of benzene rings is 1. The van der Waals surface area contributed by atoms with Crippen molar-refractivity contribution in [1.82, 2.24) is 5.32 Å². The largest absolute Gasteiger partial charge is 0.348 e. The molecule has 1 aliphatic carbocycles. The van der Waals surface area contributed by atoms with Crippen LogP contribution in [0.1, 0.15) is 29.6 Å². The lowest BCUT2D eigenvalue weighted by Gasteiger charge is -2.19. The zero-order valence-corrected chi connectivity index (χ0v) is 12.5. The van der Waals surface area contributed by atoms with Crippen LogP contribution in [-0.4, -0.2) is 23.5 Å². The standard InChI is InChI=1S/C13H15BrFNOS/c1-18-12-4-2-3-11(12)16-13(17)8-5-6-10(15)9(14)7-8/h5-7,11-12H,2-4H2,1H3,(H,16,17). The monoisotopic (exact) mass is 331 g/mol. The van der Waals surface area contributed by atoms with Gasteiger partial charge < -0.3 is 5.32 Å². The third kappa shape index (κ3) is 3.06. The highest BCUT2D eigenvalue weighted by molar-refractivity contribution is 9.10. The van der Waals surface area contributed by atoms with Gasteiger partial charge in [0.2, 0.25) is 0 Å². The number of nitrogens with one attached hydrogen (secondary N) is 1. The number of amides is 1. The Bertz CT molecular complexity index is 455. The molecule has 98 valence electrons. The molecule has 1 amide bonds. The summed E-state index contributed by atoms with van der Waals surface area (Å²) in [6.45, 7) is 0. The van der Waals surface area contributed by atoms with E-state index >= 15 is 0 Å². The van der Waals surface area contributed by atoms with Gasteiger partial charge in [-0.2, -0.15) is 11.8 Å². The van der Waals surface area contributed by atoms with Gasteiger partial charge >= 0.3 is 0 Å². The Morgan fingerprint density at radius 3 is 2.94 bits per heavy atom. The summed E-state index contributed by atoms with van der Waals surface area (Å²) in [6, 6.07) is 4.57. The molecular formula is C13H15BrFNOS. The van der Waals surface area contributed by atoms with E-state index in [9.17, 15) is 9.18 Å². The van der Waals surface area contributed by atoms with Crippen LogP contribution in [0.5, 0.6) is 0 Å². The summed E-state index contributed by atoms with van der Waals surface area (Å²) in [5.41, 5.74) is 0.495. The molecule has 1 aromatic rings. The lowest BCUT2D eigenvalue weighted by molar-refractivity contribution is 0.0938. The summed E-state index contributed by atoms with van der Waals surface area (Å²) in [5, 5.41) is 3.54. The van der Waals surface area contributed by atoms with E-state index in [-0.39, 0.29) is 17.8 Å². The van der Waals surface area contributed by atoms with Crippen molar-refractivity contribution in [3.63, 3.8) is 0 Å². The van der Waals surface area contributed by atoms with Gasteiger partial charge in [0.05, 0.1) is 4.47 Å². The van der Waals surface area contributed by atoms with Crippen LogP contribution in [-0.2, 0) is 0 Å². The van der Waals surface area contributed by atoms with E-state index in [1.807, 2.05) is 0 Å². The molecule has 0 heterocycles. The highest BCUT2D eigenvalue weighted by Crippen LogP contribution is 2.28. The van der Waals surface area contributed by atoms with Gasteiger partial charge in [-0.25, -0.2) is 4.39 Å². The minimum absolute atomic E-state index is 0.123. The van der Waals surface area contributed by atoms with E-state index in [1.165, 1.54) is 18.2 Å². The summed E-state index contributed by atoms with van der Waals surface area (Å²) in [5.74, 6) is -0.476. The number of hydrogen-bond donors (Lipinski definition) is 1. The fourth-order valence-electron chi connectivity index (χ4n) is 2.26. The van der Waals surface area contributed by atoms with Crippen molar-refractivity contribution >= 4 is 33.6 Å². The van der Waals surface area contributed by atoms with Crippen molar-refractivity contribution in [3.05, 3.63) is 34.1 Å². The first-order chi connectivity index (χ1) is 8.61. The van der Waals surface area contributed by atoms with Crippen LogP contribution in [0, 0.1) is 5.82 Å². The van der Waals surface area contributed by atoms with Crippen LogP contribution in [0.4, 0.5) is 4.39 Å². The maximum atomic E-state index is 13.1. The van der Waals surface area contributed by atoms with Gasteiger partial charge in [0.25, 0.3) is 5.91 Å². The highest BCUT2D eigenvalue weighted by atomic mass is 79.9. The van der Waals surface area contributed by atoms with Crippen molar-refractivity contribution in [2.75, 3.05) is 6.26 Å². The quantitative estimate of drug-likeness (QED) is 0.916. The van der Waals surface area contributed by atoms with Gasteiger partial charge in [-0.1, -0.05) is 6.42 Å². The molecule has 1 N–H and O–H groups in total. The molecule has 1 aliphatic rings. The Morgan fingerprint density at radius 1 is 1.50 bits per heavy atom. The predicted octanol–water partition coefficient (Wildman–Crippen LogP) is 3.60. The predicted molar refractivity (Wildman–Crippen MR) is 76.5 cm³/mol.